The van der Waals surface area contributed by atoms with Crippen molar-refractivity contribution in [1.29, 1.82) is 0 Å². The molecule has 0 spiro atoms. The van der Waals surface area contributed by atoms with Crippen molar-refractivity contribution in [2.75, 3.05) is 13.7 Å². The average Bonchev–Trinajstić information content (AvgIpc) is 2.51. The summed E-state index contributed by atoms with van der Waals surface area (Å²) >= 11 is 0. The molecule has 1 aliphatic rings. The van der Waals surface area contributed by atoms with Crippen molar-refractivity contribution < 1.29 is 14.3 Å². The Bertz CT molecular complexity index is 503. The smallest absolute Gasteiger partial charge is 0.255 e. The van der Waals surface area contributed by atoms with Crippen LogP contribution in [0.5, 0.6) is 11.5 Å². The fraction of sp³-hybridized carbons (Fsp3) is 0.611. The minimum absolute atomic E-state index is 0. The van der Waals surface area contributed by atoms with Crippen molar-refractivity contribution in [2.24, 2.45) is 5.73 Å². The van der Waals surface area contributed by atoms with E-state index in [0.29, 0.717) is 24.1 Å². The number of hydrogen-bond donors (Lipinski definition) is 2. The lowest BCUT2D eigenvalue weighted by atomic mass is 9.96. The summed E-state index contributed by atoms with van der Waals surface area (Å²) in [6.07, 6.45) is 9.08. The molecule has 1 aromatic rings. The van der Waals surface area contributed by atoms with E-state index >= 15 is 0 Å². The Hall–Kier alpha value is -1.46. The molecule has 136 valence electrons. The van der Waals surface area contributed by atoms with Crippen LogP contribution in [0.15, 0.2) is 18.2 Å². The molecule has 0 heterocycles. The molecule has 0 radical (unpaired) electrons. The third kappa shape index (κ3) is 6.57. The van der Waals surface area contributed by atoms with Gasteiger partial charge in [-0.15, -0.1) is 12.4 Å². The summed E-state index contributed by atoms with van der Waals surface area (Å²) in [5, 5.41) is 3.63. The molecule has 5 nitrogen and oxygen atoms in total. The minimum atomic E-state index is -0.491. The molecule has 1 saturated carbocycles. The van der Waals surface area contributed by atoms with Gasteiger partial charge in [0.05, 0.1) is 7.11 Å². The molecular formula is C18H29ClN2O3. The van der Waals surface area contributed by atoms with E-state index in [0.717, 1.165) is 5.56 Å². The predicted octanol–water partition coefficient (Wildman–Crippen LogP) is 3.18. The highest BCUT2D eigenvalue weighted by molar-refractivity contribution is 5.85. The lowest BCUT2D eigenvalue weighted by Gasteiger charge is -2.22. The molecule has 1 aliphatic carbocycles. The Morgan fingerprint density at radius 2 is 1.88 bits per heavy atom. The molecule has 24 heavy (non-hydrogen) atoms. The van der Waals surface area contributed by atoms with Crippen LogP contribution in [-0.4, -0.2) is 25.7 Å². The quantitative estimate of drug-likeness (QED) is 0.786. The van der Waals surface area contributed by atoms with Gasteiger partial charge < -0.3 is 20.5 Å². The number of primary amides is 1. The van der Waals surface area contributed by atoms with Gasteiger partial charge in [-0.05, 0) is 18.9 Å². The number of ether oxygens (including phenoxy) is 2. The van der Waals surface area contributed by atoms with Crippen LogP contribution in [0.25, 0.3) is 0 Å². The standard InChI is InChI=1S/C18H28N2O3.ClH/c1-22-16-11-7-8-14(18(16)23-13-17(19)21)12-20-15-9-5-3-2-4-6-10-15;/h7-8,11,15,20H,2-6,9-10,12-13H2,1H3,(H2,19,21);1H. The van der Waals surface area contributed by atoms with Crippen LogP contribution in [0, 0.1) is 0 Å². The Morgan fingerprint density at radius 1 is 1.21 bits per heavy atom. The van der Waals surface area contributed by atoms with Gasteiger partial charge in [0.2, 0.25) is 0 Å². The van der Waals surface area contributed by atoms with Crippen LogP contribution < -0.4 is 20.5 Å². The van der Waals surface area contributed by atoms with Gasteiger partial charge in [0, 0.05) is 18.2 Å². The zero-order valence-corrected chi connectivity index (χ0v) is 15.2. The molecule has 0 saturated heterocycles. The second kappa shape index (κ2) is 11.2. The normalized spacial score (nSPS) is 15.7. The Labute approximate surface area is 150 Å². The van der Waals surface area contributed by atoms with Gasteiger partial charge in [-0.2, -0.15) is 0 Å². The summed E-state index contributed by atoms with van der Waals surface area (Å²) in [6.45, 7) is 0.562. The second-order valence-electron chi connectivity index (χ2n) is 6.13. The number of benzene rings is 1. The zero-order valence-electron chi connectivity index (χ0n) is 14.4. The fourth-order valence-corrected chi connectivity index (χ4v) is 3.08. The number of carbonyl (C=O) groups excluding carboxylic acids is 1. The largest absolute Gasteiger partial charge is 0.493 e. The fourth-order valence-electron chi connectivity index (χ4n) is 3.08. The summed E-state index contributed by atoms with van der Waals surface area (Å²) in [7, 11) is 1.60. The van der Waals surface area contributed by atoms with Crippen molar-refractivity contribution in [1.82, 2.24) is 5.32 Å². The average molecular weight is 357 g/mol. The van der Waals surface area contributed by atoms with Crippen molar-refractivity contribution in [3.05, 3.63) is 23.8 Å². The first-order chi connectivity index (χ1) is 11.2. The first kappa shape index (κ1) is 20.6. The van der Waals surface area contributed by atoms with Gasteiger partial charge in [-0.1, -0.05) is 44.2 Å². The monoisotopic (exact) mass is 356 g/mol. The van der Waals surface area contributed by atoms with Crippen LogP contribution in [-0.2, 0) is 11.3 Å². The van der Waals surface area contributed by atoms with Crippen LogP contribution in [0.4, 0.5) is 0 Å². The Morgan fingerprint density at radius 3 is 2.50 bits per heavy atom. The zero-order chi connectivity index (χ0) is 16.5. The molecule has 3 N–H and O–H groups in total. The number of nitrogens with two attached hydrogens (primary N) is 1. The summed E-state index contributed by atoms with van der Waals surface area (Å²) in [5.74, 6) is 0.741. The van der Waals surface area contributed by atoms with E-state index in [1.165, 1.54) is 44.9 Å². The van der Waals surface area contributed by atoms with Crippen LogP contribution in [0.2, 0.25) is 0 Å². The molecule has 2 rings (SSSR count). The summed E-state index contributed by atoms with van der Waals surface area (Å²) < 4.78 is 10.9. The molecule has 0 unspecified atom stereocenters. The molecule has 0 aromatic heterocycles. The van der Waals surface area contributed by atoms with Crippen molar-refractivity contribution in [3.8, 4) is 11.5 Å². The SMILES string of the molecule is COc1cccc(CNC2CCCCCCC2)c1OCC(N)=O.Cl. The second-order valence-corrected chi connectivity index (χ2v) is 6.13. The summed E-state index contributed by atoms with van der Waals surface area (Å²) in [4.78, 5) is 11.0. The summed E-state index contributed by atoms with van der Waals surface area (Å²) in [5.41, 5.74) is 6.18. The highest BCUT2D eigenvalue weighted by Crippen LogP contribution is 2.31. The molecular weight excluding hydrogens is 328 g/mol. The topological polar surface area (TPSA) is 73.6 Å². The number of carbonyl (C=O) groups is 1. The van der Waals surface area contributed by atoms with Gasteiger partial charge in [-0.3, -0.25) is 4.79 Å². The molecule has 6 heteroatoms. The number of halogens is 1. The van der Waals surface area contributed by atoms with E-state index in [2.05, 4.69) is 5.32 Å². The number of amides is 1. The predicted molar refractivity (Wildman–Crippen MR) is 97.9 cm³/mol. The Balaban J connectivity index is 0.00000288. The molecule has 0 aliphatic heterocycles. The van der Waals surface area contributed by atoms with E-state index < -0.39 is 5.91 Å². The first-order valence-electron chi connectivity index (χ1n) is 8.51. The van der Waals surface area contributed by atoms with Crippen molar-refractivity contribution in [2.45, 2.75) is 57.5 Å². The highest BCUT2D eigenvalue weighted by atomic mass is 35.5. The third-order valence-electron chi connectivity index (χ3n) is 4.33. The highest BCUT2D eigenvalue weighted by Gasteiger charge is 2.15. The van der Waals surface area contributed by atoms with E-state index in [9.17, 15) is 4.79 Å². The third-order valence-corrected chi connectivity index (χ3v) is 4.33. The van der Waals surface area contributed by atoms with E-state index in [-0.39, 0.29) is 19.0 Å². The van der Waals surface area contributed by atoms with Crippen LogP contribution >= 0.6 is 12.4 Å². The maximum absolute atomic E-state index is 11.0. The lowest BCUT2D eigenvalue weighted by molar-refractivity contribution is -0.119. The first-order valence-corrected chi connectivity index (χ1v) is 8.51. The number of para-hydroxylation sites is 1. The maximum atomic E-state index is 11.0. The van der Waals surface area contributed by atoms with Gasteiger partial charge >= 0.3 is 0 Å². The number of nitrogens with one attached hydrogen (secondary N) is 1. The number of hydrogen-bond acceptors (Lipinski definition) is 4. The minimum Gasteiger partial charge on any atom is -0.493 e. The van der Waals surface area contributed by atoms with E-state index in [4.69, 9.17) is 15.2 Å². The molecule has 0 bridgehead atoms. The van der Waals surface area contributed by atoms with Gasteiger partial charge in [0.15, 0.2) is 18.1 Å². The molecule has 1 amide bonds. The van der Waals surface area contributed by atoms with E-state index in [1.807, 2.05) is 18.2 Å². The molecule has 0 atom stereocenters. The lowest BCUT2D eigenvalue weighted by Crippen LogP contribution is -2.29. The van der Waals surface area contributed by atoms with Crippen LogP contribution in [0.3, 0.4) is 0 Å². The van der Waals surface area contributed by atoms with Gasteiger partial charge in [0.1, 0.15) is 0 Å². The van der Waals surface area contributed by atoms with Crippen LogP contribution in [0.1, 0.15) is 50.5 Å². The van der Waals surface area contributed by atoms with E-state index in [1.54, 1.807) is 7.11 Å². The Kier molecular flexibility index (Phi) is 9.57. The summed E-state index contributed by atoms with van der Waals surface area (Å²) in [6, 6.07) is 6.31. The molecule has 1 fully saturated rings. The number of rotatable bonds is 7. The number of methoxy groups -OCH3 is 1. The van der Waals surface area contributed by atoms with Crippen molar-refractivity contribution >= 4 is 18.3 Å². The van der Waals surface area contributed by atoms with Gasteiger partial charge in [-0.25, -0.2) is 0 Å². The maximum Gasteiger partial charge on any atom is 0.255 e. The molecule has 1 aromatic carbocycles. The van der Waals surface area contributed by atoms with Gasteiger partial charge in [0.25, 0.3) is 5.91 Å². The van der Waals surface area contributed by atoms with Crippen molar-refractivity contribution in [3.63, 3.8) is 0 Å².